The van der Waals surface area contributed by atoms with E-state index in [2.05, 4.69) is 16.0 Å². The summed E-state index contributed by atoms with van der Waals surface area (Å²) in [4.78, 5) is 37.5. The maximum absolute atomic E-state index is 12.5. The number of aliphatic hydroxyl groups is 2. The standard InChI is InChI=1S/C20H30N4O6/c1-3-20(11-25,12-26)23-18(29)21-15-5-4-6-16(13(15)2)22-19(30)24-9-7-14(8-10-24)17(27)28/h4-6,14,25-26H,3,7-12H2,1-2H3,(H,22,30)(H,27,28)(H2,21,23,29). The van der Waals surface area contributed by atoms with Gasteiger partial charge in [-0.25, -0.2) is 9.59 Å². The number of piperidine rings is 1. The van der Waals surface area contributed by atoms with Crippen molar-refractivity contribution < 1.29 is 29.7 Å². The van der Waals surface area contributed by atoms with E-state index in [0.29, 0.717) is 49.3 Å². The van der Waals surface area contributed by atoms with Crippen LogP contribution >= 0.6 is 0 Å². The summed E-state index contributed by atoms with van der Waals surface area (Å²) in [5.41, 5.74) is 0.503. The highest BCUT2D eigenvalue weighted by atomic mass is 16.4. The molecule has 1 aliphatic heterocycles. The van der Waals surface area contributed by atoms with Crippen LogP contribution in [0.1, 0.15) is 31.7 Å². The molecule has 1 heterocycles. The molecular formula is C20H30N4O6. The Bertz CT molecular complexity index is 764. The van der Waals surface area contributed by atoms with Crippen LogP contribution in [-0.4, -0.2) is 70.1 Å². The van der Waals surface area contributed by atoms with Gasteiger partial charge in [-0.1, -0.05) is 13.0 Å². The number of urea groups is 2. The summed E-state index contributed by atoms with van der Waals surface area (Å²) in [6, 6.07) is 4.16. The molecule has 1 saturated heterocycles. The third-order valence-electron chi connectivity index (χ3n) is 5.62. The molecule has 4 amide bonds. The number of carbonyl (C=O) groups excluding carboxylic acids is 2. The third-order valence-corrected chi connectivity index (χ3v) is 5.62. The zero-order valence-corrected chi connectivity index (χ0v) is 17.3. The van der Waals surface area contributed by atoms with Crippen molar-refractivity contribution in [2.75, 3.05) is 36.9 Å². The minimum atomic E-state index is -1.12. The third kappa shape index (κ3) is 5.61. The lowest BCUT2D eigenvalue weighted by molar-refractivity contribution is -0.143. The number of aliphatic hydroxyl groups excluding tert-OH is 2. The molecule has 10 heteroatoms. The number of aliphatic carboxylic acids is 1. The van der Waals surface area contributed by atoms with Crippen LogP contribution in [0.25, 0.3) is 0 Å². The van der Waals surface area contributed by atoms with Crippen LogP contribution in [0, 0.1) is 12.8 Å². The molecule has 10 nitrogen and oxygen atoms in total. The number of likely N-dealkylation sites (tertiary alicyclic amines) is 1. The number of carboxylic acid groups (broad SMARTS) is 1. The molecule has 1 aliphatic rings. The Kier molecular flexibility index (Phi) is 8.01. The average Bonchev–Trinajstić information content (AvgIpc) is 2.75. The number of amides is 4. The van der Waals surface area contributed by atoms with Gasteiger partial charge in [-0.3, -0.25) is 4.79 Å². The van der Waals surface area contributed by atoms with Gasteiger partial charge in [0.1, 0.15) is 0 Å². The average molecular weight is 422 g/mol. The summed E-state index contributed by atoms with van der Waals surface area (Å²) in [5, 5.41) is 36.1. The molecule has 0 radical (unpaired) electrons. The van der Waals surface area contributed by atoms with Crippen LogP contribution in [0.3, 0.4) is 0 Å². The predicted molar refractivity (Wildman–Crippen MR) is 111 cm³/mol. The Morgan fingerprint density at radius 3 is 2.17 bits per heavy atom. The number of anilines is 2. The van der Waals surface area contributed by atoms with E-state index >= 15 is 0 Å². The number of nitrogens with one attached hydrogen (secondary N) is 3. The SMILES string of the molecule is CCC(CO)(CO)NC(=O)Nc1cccc(NC(=O)N2CCC(C(=O)O)CC2)c1C. The molecule has 0 atom stereocenters. The molecule has 166 valence electrons. The summed E-state index contributed by atoms with van der Waals surface area (Å²) >= 11 is 0. The maximum atomic E-state index is 12.5. The van der Waals surface area contributed by atoms with Gasteiger partial charge < -0.3 is 36.2 Å². The number of carbonyl (C=O) groups is 3. The maximum Gasteiger partial charge on any atom is 0.321 e. The number of nitrogens with zero attached hydrogens (tertiary/aromatic N) is 1. The molecule has 1 aromatic rings. The van der Waals surface area contributed by atoms with Crippen molar-refractivity contribution in [2.24, 2.45) is 5.92 Å². The summed E-state index contributed by atoms with van der Waals surface area (Å²) < 4.78 is 0. The Hall–Kier alpha value is -2.85. The lowest BCUT2D eigenvalue weighted by Crippen LogP contribution is -2.55. The molecule has 0 aromatic heterocycles. The van der Waals surface area contributed by atoms with E-state index < -0.39 is 36.7 Å². The first-order valence-electron chi connectivity index (χ1n) is 9.94. The summed E-state index contributed by atoms with van der Waals surface area (Å²) in [6.07, 6.45) is 1.18. The molecule has 6 N–H and O–H groups in total. The van der Waals surface area contributed by atoms with Crippen LogP contribution in [0.5, 0.6) is 0 Å². The Balaban J connectivity index is 2.02. The lowest BCUT2D eigenvalue weighted by Gasteiger charge is -2.30. The summed E-state index contributed by atoms with van der Waals surface area (Å²) in [5.74, 6) is -1.26. The zero-order chi connectivity index (χ0) is 22.3. The molecule has 2 rings (SSSR count). The van der Waals surface area contributed by atoms with E-state index in [4.69, 9.17) is 5.11 Å². The monoisotopic (exact) mass is 422 g/mol. The molecule has 30 heavy (non-hydrogen) atoms. The van der Waals surface area contributed by atoms with E-state index in [1.165, 1.54) is 0 Å². The second-order valence-corrected chi connectivity index (χ2v) is 7.54. The van der Waals surface area contributed by atoms with Crippen LogP contribution in [0.4, 0.5) is 21.0 Å². The molecule has 0 spiro atoms. The Labute approximate surface area is 175 Å². The van der Waals surface area contributed by atoms with E-state index in [9.17, 15) is 24.6 Å². The van der Waals surface area contributed by atoms with Crippen LogP contribution < -0.4 is 16.0 Å². The zero-order valence-electron chi connectivity index (χ0n) is 17.3. The van der Waals surface area contributed by atoms with Gasteiger partial charge in [-0.15, -0.1) is 0 Å². The van der Waals surface area contributed by atoms with Gasteiger partial charge in [-0.2, -0.15) is 0 Å². The van der Waals surface area contributed by atoms with Crippen LogP contribution in [0.15, 0.2) is 18.2 Å². The van der Waals surface area contributed by atoms with E-state index in [1.807, 2.05) is 0 Å². The lowest BCUT2D eigenvalue weighted by atomic mass is 9.97. The first-order chi connectivity index (χ1) is 14.2. The minimum Gasteiger partial charge on any atom is -0.481 e. The van der Waals surface area contributed by atoms with Crippen molar-refractivity contribution in [3.63, 3.8) is 0 Å². The van der Waals surface area contributed by atoms with Gasteiger partial charge in [0.05, 0.1) is 24.7 Å². The van der Waals surface area contributed by atoms with Crippen molar-refractivity contribution in [2.45, 2.75) is 38.6 Å². The Morgan fingerprint density at radius 2 is 1.67 bits per heavy atom. The second kappa shape index (κ2) is 10.3. The Morgan fingerprint density at radius 1 is 1.10 bits per heavy atom. The van der Waals surface area contributed by atoms with E-state index in [1.54, 1.807) is 36.9 Å². The molecule has 1 fully saturated rings. The molecular weight excluding hydrogens is 392 g/mol. The highest BCUT2D eigenvalue weighted by molar-refractivity contribution is 5.95. The highest BCUT2D eigenvalue weighted by Gasteiger charge is 2.29. The number of rotatable bonds is 7. The van der Waals surface area contributed by atoms with Gasteiger partial charge in [0, 0.05) is 24.5 Å². The van der Waals surface area contributed by atoms with Crippen molar-refractivity contribution in [3.05, 3.63) is 23.8 Å². The van der Waals surface area contributed by atoms with Crippen molar-refractivity contribution in [1.29, 1.82) is 0 Å². The van der Waals surface area contributed by atoms with Crippen molar-refractivity contribution in [1.82, 2.24) is 10.2 Å². The molecule has 0 bridgehead atoms. The molecule has 0 aliphatic carbocycles. The van der Waals surface area contributed by atoms with E-state index in [-0.39, 0.29) is 6.03 Å². The van der Waals surface area contributed by atoms with Gasteiger partial charge >= 0.3 is 18.0 Å². The van der Waals surface area contributed by atoms with Gasteiger partial charge in [0.25, 0.3) is 0 Å². The normalized spacial score (nSPS) is 14.9. The molecule has 0 unspecified atom stereocenters. The summed E-state index contributed by atoms with van der Waals surface area (Å²) in [6.45, 7) is 3.41. The highest BCUT2D eigenvalue weighted by Crippen LogP contribution is 2.25. The smallest absolute Gasteiger partial charge is 0.321 e. The first-order valence-corrected chi connectivity index (χ1v) is 9.94. The van der Waals surface area contributed by atoms with Crippen molar-refractivity contribution >= 4 is 29.4 Å². The second-order valence-electron chi connectivity index (χ2n) is 7.54. The minimum absolute atomic E-state index is 0.325. The van der Waals surface area contributed by atoms with Crippen molar-refractivity contribution in [3.8, 4) is 0 Å². The fourth-order valence-corrected chi connectivity index (χ4v) is 3.27. The number of hydrogen-bond acceptors (Lipinski definition) is 5. The fourth-order valence-electron chi connectivity index (χ4n) is 3.27. The largest absolute Gasteiger partial charge is 0.481 e. The van der Waals surface area contributed by atoms with Gasteiger partial charge in [0.15, 0.2) is 0 Å². The number of carboxylic acids is 1. The fraction of sp³-hybridized carbons (Fsp3) is 0.550. The number of hydrogen-bond donors (Lipinski definition) is 6. The first kappa shape index (κ1) is 23.4. The summed E-state index contributed by atoms with van der Waals surface area (Å²) in [7, 11) is 0. The van der Waals surface area contributed by atoms with Gasteiger partial charge in [0.2, 0.25) is 0 Å². The molecule has 0 saturated carbocycles. The molecule has 1 aromatic carbocycles. The number of benzene rings is 1. The topological polar surface area (TPSA) is 151 Å². The predicted octanol–water partition coefficient (Wildman–Crippen LogP) is 1.58. The quantitative estimate of drug-likeness (QED) is 0.392. The van der Waals surface area contributed by atoms with Crippen LogP contribution in [-0.2, 0) is 4.79 Å². The van der Waals surface area contributed by atoms with Gasteiger partial charge in [-0.05, 0) is 43.9 Å². The van der Waals surface area contributed by atoms with E-state index in [0.717, 1.165) is 0 Å². The van der Waals surface area contributed by atoms with Crippen LogP contribution in [0.2, 0.25) is 0 Å².